The number of carbonyl (C=O) groups excluding carboxylic acids is 1. The van der Waals surface area contributed by atoms with E-state index in [0.717, 1.165) is 36.5 Å². The SMILES string of the molecule is CC(C)(C)C1CCN(c2cc(Cl)ccc2C=O)CC1. The number of anilines is 1. The van der Waals surface area contributed by atoms with Gasteiger partial charge in [0.15, 0.2) is 6.29 Å². The first kappa shape index (κ1) is 14.4. The van der Waals surface area contributed by atoms with E-state index in [0.29, 0.717) is 10.4 Å². The molecule has 0 aromatic heterocycles. The Labute approximate surface area is 120 Å². The van der Waals surface area contributed by atoms with Crippen molar-refractivity contribution >= 4 is 23.6 Å². The lowest BCUT2D eigenvalue weighted by atomic mass is 9.75. The van der Waals surface area contributed by atoms with Crippen molar-refractivity contribution < 1.29 is 4.79 Å². The normalized spacial score (nSPS) is 17.6. The van der Waals surface area contributed by atoms with Gasteiger partial charge in [0.05, 0.1) is 0 Å². The highest BCUT2D eigenvalue weighted by atomic mass is 35.5. The van der Waals surface area contributed by atoms with Gasteiger partial charge in [-0.1, -0.05) is 32.4 Å². The number of hydrogen-bond acceptors (Lipinski definition) is 2. The van der Waals surface area contributed by atoms with Crippen molar-refractivity contribution in [2.45, 2.75) is 33.6 Å². The number of piperidine rings is 1. The van der Waals surface area contributed by atoms with Crippen LogP contribution in [0.1, 0.15) is 44.0 Å². The fourth-order valence-electron chi connectivity index (χ4n) is 2.88. The molecule has 0 N–H and O–H groups in total. The molecule has 0 unspecified atom stereocenters. The van der Waals surface area contributed by atoms with Gasteiger partial charge in [-0.25, -0.2) is 0 Å². The van der Waals surface area contributed by atoms with Gasteiger partial charge in [-0.2, -0.15) is 0 Å². The van der Waals surface area contributed by atoms with Crippen LogP contribution >= 0.6 is 11.6 Å². The van der Waals surface area contributed by atoms with E-state index in [1.807, 2.05) is 6.07 Å². The summed E-state index contributed by atoms with van der Waals surface area (Å²) in [6.07, 6.45) is 3.27. The van der Waals surface area contributed by atoms with Crippen LogP contribution in [-0.2, 0) is 0 Å². The molecule has 0 amide bonds. The van der Waals surface area contributed by atoms with Gasteiger partial charge in [-0.15, -0.1) is 0 Å². The number of rotatable bonds is 2. The van der Waals surface area contributed by atoms with Crippen LogP contribution in [0.5, 0.6) is 0 Å². The maximum Gasteiger partial charge on any atom is 0.152 e. The largest absolute Gasteiger partial charge is 0.371 e. The zero-order valence-electron chi connectivity index (χ0n) is 11.9. The Bertz CT molecular complexity index is 456. The standard InChI is InChI=1S/C16H22ClNO/c1-16(2,3)13-6-8-18(9-7-13)15-10-14(17)5-4-12(15)11-19/h4-5,10-11,13H,6-9H2,1-3H3. The van der Waals surface area contributed by atoms with Crippen molar-refractivity contribution in [1.29, 1.82) is 0 Å². The summed E-state index contributed by atoms with van der Waals surface area (Å²) >= 11 is 6.05. The zero-order chi connectivity index (χ0) is 14.0. The second-order valence-corrected chi connectivity index (χ2v) is 6.88. The first-order chi connectivity index (χ1) is 8.91. The predicted octanol–water partition coefficient (Wildman–Crippen LogP) is 4.42. The first-order valence-electron chi connectivity index (χ1n) is 6.91. The van der Waals surface area contributed by atoms with Crippen molar-refractivity contribution in [2.75, 3.05) is 18.0 Å². The van der Waals surface area contributed by atoms with Crippen LogP contribution < -0.4 is 4.90 Å². The molecule has 1 aliphatic heterocycles. The Morgan fingerprint density at radius 1 is 1.26 bits per heavy atom. The van der Waals surface area contributed by atoms with E-state index in [9.17, 15) is 4.79 Å². The minimum atomic E-state index is 0.369. The summed E-state index contributed by atoms with van der Waals surface area (Å²) < 4.78 is 0. The molecular formula is C16H22ClNO. The Balaban J connectivity index is 2.13. The number of nitrogens with zero attached hydrogens (tertiary/aromatic N) is 1. The molecule has 104 valence electrons. The molecule has 2 rings (SSSR count). The molecule has 0 radical (unpaired) electrons. The van der Waals surface area contributed by atoms with Crippen LogP contribution in [0.3, 0.4) is 0 Å². The molecule has 1 saturated heterocycles. The van der Waals surface area contributed by atoms with E-state index in [1.165, 1.54) is 12.8 Å². The molecule has 0 saturated carbocycles. The summed E-state index contributed by atoms with van der Waals surface area (Å²) in [5.74, 6) is 0.752. The lowest BCUT2D eigenvalue weighted by Gasteiger charge is -2.40. The number of aldehydes is 1. The Morgan fingerprint density at radius 2 is 1.89 bits per heavy atom. The molecule has 3 heteroatoms. The van der Waals surface area contributed by atoms with E-state index >= 15 is 0 Å². The van der Waals surface area contributed by atoms with Gasteiger partial charge < -0.3 is 4.90 Å². The fraction of sp³-hybridized carbons (Fsp3) is 0.562. The molecule has 19 heavy (non-hydrogen) atoms. The maximum absolute atomic E-state index is 11.1. The first-order valence-corrected chi connectivity index (χ1v) is 7.29. The molecule has 1 fully saturated rings. The van der Waals surface area contributed by atoms with Crippen molar-refractivity contribution in [3.05, 3.63) is 28.8 Å². The number of carbonyl (C=O) groups is 1. The third-order valence-electron chi connectivity index (χ3n) is 4.18. The van der Waals surface area contributed by atoms with Gasteiger partial charge in [0.2, 0.25) is 0 Å². The average Bonchev–Trinajstić information content (AvgIpc) is 2.38. The molecule has 2 nitrogen and oxygen atoms in total. The molecule has 1 heterocycles. The lowest BCUT2D eigenvalue weighted by Crippen LogP contribution is -2.38. The molecule has 0 spiro atoms. The molecule has 0 aliphatic carbocycles. The fourth-order valence-corrected chi connectivity index (χ4v) is 3.04. The highest BCUT2D eigenvalue weighted by molar-refractivity contribution is 6.31. The average molecular weight is 280 g/mol. The lowest BCUT2D eigenvalue weighted by molar-refractivity contribution is 0.112. The minimum Gasteiger partial charge on any atom is -0.371 e. The van der Waals surface area contributed by atoms with E-state index in [4.69, 9.17) is 11.6 Å². The van der Waals surface area contributed by atoms with Crippen LogP contribution in [0.2, 0.25) is 5.02 Å². The molecule has 0 atom stereocenters. The van der Waals surface area contributed by atoms with Crippen molar-refractivity contribution in [2.24, 2.45) is 11.3 Å². The van der Waals surface area contributed by atoms with Crippen LogP contribution in [-0.4, -0.2) is 19.4 Å². The van der Waals surface area contributed by atoms with Gasteiger partial charge in [0.25, 0.3) is 0 Å². The molecule has 0 bridgehead atoms. The van der Waals surface area contributed by atoms with Gasteiger partial charge in [0, 0.05) is 29.4 Å². The van der Waals surface area contributed by atoms with Gasteiger partial charge in [-0.3, -0.25) is 4.79 Å². The van der Waals surface area contributed by atoms with Crippen molar-refractivity contribution in [3.63, 3.8) is 0 Å². The van der Waals surface area contributed by atoms with Crippen LogP contribution in [0.4, 0.5) is 5.69 Å². The minimum absolute atomic E-state index is 0.369. The predicted molar refractivity (Wildman–Crippen MR) is 81.2 cm³/mol. The van der Waals surface area contributed by atoms with Crippen molar-refractivity contribution in [3.8, 4) is 0 Å². The van der Waals surface area contributed by atoms with E-state index in [2.05, 4.69) is 25.7 Å². The van der Waals surface area contributed by atoms with Crippen LogP contribution in [0.15, 0.2) is 18.2 Å². The molecule has 1 aliphatic rings. The highest BCUT2D eigenvalue weighted by Gasteiger charge is 2.29. The smallest absolute Gasteiger partial charge is 0.152 e. The summed E-state index contributed by atoms with van der Waals surface area (Å²) in [6.45, 7) is 8.93. The van der Waals surface area contributed by atoms with Crippen LogP contribution in [0.25, 0.3) is 0 Å². The highest BCUT2D eigenvalue weighted by Crippen LogP contribution is 2.36. The summed E-state index contributed by atoms with van der Waals surface area (Å²) in [5.41, 5.74) is 2.09. The van der Waals surface area contributed by atoms with E-state index in [-0.39, 0.29) is 0 Å². The Morgan fingerprint density at radius 3 is 2.42 bits per heavy atom. The summed E-state index contributed by atoms with van der Waals surface area (Å²) in [5, 5.41) is 0.693. The topological polar surface area (TPSA) is 20.3 Å². The zero-order valence-corrected chi connectivity index (χ0v) is 12.7. The molecule has 1 aromatic carbocycles. The second kappa shape index (κ2) is 5.54. The Hall–Kier alpha value is -1.02. The summed E-state index contributed by atoms with van der Waals surface area (Å²) in [6, 6.07) is 5.49. The number of halogens is 1. The number of benzene rings is 1. The van der Waals surface area contributed by atoms with Crippen LogP contribution in [0, 0.1) is 11.3 Å². The van der Waals surface area contributed by atoms with Gasteiger partial charge in [-0.05, 0) is 42.4 Å². The number of hydrogen-bond donors (Lipinski definition) is 0. The molecular weight excluding hydrogens is 258 g/mol. The Kier molecular flexibility index (Phi) is 4.19. The van der Waals surface area contributed by atoms with E-state index < -0.39 is 0 Å². The third kappa shape index (κ3) is 3.30. The van der Waals surface area contributed by atoms with Crippen molar-refractivity contribution in [1.82, 2.24) is 0 Å². The summed E-state index contributed by atoms with van der Waals surface area (Å²) in [4.78, 5) is 13.4. The quantitative estimate of drug-likeness (QED) is 0.747. The van der Waals surface area contributed by atoms with E-state index in [1.54, 1.807) is 12.1 Å². The van der Waals surface area contributed by atoms with Gasteiger partial charge in [0.1, 0.15) is 0 Å². The molecule has 1 aromatic rings. The second-order valence-electron chi connectivity index (χ2n) is 6.45. The maximum atomic E-state index is 11.1. The van der Waals surface area contributed by atoms with Gasteiger partial charge >= 0.3 is 0 Å². The summed E-state index contributed by atoms with van der Waals surface area (Å²) in [7, 11) is 0. The monoisotopic (exact) mass is 279 g/mol. The third-order valence-corrected chi connectivity index (χ3v) is 4.41.